The largest absolute Gasteiger partial charge is 0.426 e. The Morgan fingerprint density at radius 2 is 1.69 bits per heavy atom. The third kappa shape index (κ3) is 5.13. The number of hydrogen-bond donors (Lipinski definition) is 2. The highest BCUT2D eigenvalue weighted by Gasteiger charge is 2.57. The molecule has 2 rings (SSSR count). The molecule has 0 radical (unpaired) electrons. The second-order valence-electron chi connectivity index (χ2n) is 6.80. The second kappa shape index (κ2) is 8.02. The Kier molecular flexibility index (Phi) is 6.43. The van der Waals surface area contributed by atoms with Crippen molar-refractivity contribution in [2.75, 3.05) is 13.1 Å². The summed E-state index contributed by atoms with van der Waals surface area (Å²) in [5.74, 6) is -2.23. The Balaban J connectivity index is 1.98. The van der Waals surface area contributed by atoms with E-state index in [1.807, 2.05) is 0 Å². The van der Waals surface area contributed by atoms with E-state index in [0.29, 0.717) is 19.1 Å². The summed E-state index contributed by atoms with van der Waals surface area (Å²) in [7, 11) is 0. The molecule has 1 aliphatic heterocycles. The van der Waals surface area contributed by atoms with Crippen LogP contribution in [-0.4, -0.2) is 52.7 Å². The fourth-order valence-electron chi connectivity index (χ4n) is 2.79. The lowest BCUT2D eigenvalue weighted by Crippen LogP contribution is -2.58. The Bertz CT molecular complexity index is 786. The topological polar surface area (TPSA) is 69.6 Å². The van der Waals surface area contributed by atoms with Crippen molar-refractivity contribution in [3.8, 4) is 0 Å². The highest BCUT2D eigenvalue weighted by atomic mass is 35.5. The fourth-order valence-corrected chi connectivity index (χ4v) is 3.06. The van der Waals surface area contributed by atoms with Crippen molar-refractivity contribution in [2.24, 2.45) is 0 Å². The molecule has 0 unspecified atom stereocenters. The number of rotatable bonds is 3. The molecular weight excluding hydrogens is 430 g/mol. The van der Waals surface area contributed by atoms with Gasteiger partial charge in [-0.25, -0.2) is 0 Å². The zero-order valence-electron chi connectivity index (χ0n) is 15.0. The van der Waals surface area contributed by atoms with E-state index in [1.54, 1.807) is 0 Å². The first kappa shape index (κ1) is 23.3. The van der Waals surface area contributed by atoms with E-state index in [0.717, 1.165) is 11.0 Å². The summed E-state index contributed by atoms with van der Waals surface area (Å²) in [5.41, 5.74) is -4.71. The van der Waals surface area contributed by atoms with Crippen molar-refractivity contribution >= 4 is 23.4 Å². The van der Waals surface area contributed by atoms with Gasteiger partial charge in [0.1, 0.15) is 0 Å². The first-order valence-electron chi connectivity index (χ1n) is 8.40. The highest BCUT2D eigenvalue weighted by Crippen LogP contribution is 2.33. The molecule has 1 aromatic rings. The number of likely N-dealkylation sites (tertiary alicyclic amines) is 1. The molecule has 5 nitrogen and oxygen atoms in total. The van der Waals surface area contributed by atoms with Crippen molar-refractivity contribution in [3.63, 3.8) is 0 Å². The number of aliphatic hydroxyl groups is 1. The molecule has 0 saturated carbocycles. The number of piperidine rings is 1. The molecule has 1 saturated heterocycles. The van der Waals surface area contributed by atoms with Gasteiger partial charge in [-0.3, -0.25) is 9.59 Å². The first-order chi connectivity index (χ1) is 13.1. The molecule has 1 heterocycles. The van der Waals surface area contributed by atoms with Gasteiger partial charge < -0.3 is 15.3 Å². The Labute approximate surface area is 166 Å². The molecular formula is C17H17ClF6N2O3. The molecule has 2 N–H and O–H groups in total. The standard InChI is InChI=1S/C17H17ClF6N2O3/c1-15(29,17(22,23)24)14(28)26-6-4-10(5-7-26)25-13(27)11-3-2-9(8-12(11)18)16(19,20)21/h2-3,8,10,29H,4-7H2,1H3,(H,25,27)/t15-/m1/s1. The van der Waals surface area contributed by atoms with Gasteiger partial charge in [0.2, 0.25) is 5.60 Å². The van der Waals surface area contributed by atoms with E-state index in [1.165, 1.54) is 0 Å². The van der Waals surface area contributed by atoms with E-state index >= 15 is 0 Å². The zero-order valence-corrected chi connectivity index (χ0v) is 15.8. The molecule has 1 aliphatic rings. The molecule has 29 heavy (non-hydrogen) atoms. The fraction of sp³-hybridized carbons (Fsp3) is 0.529. The normalized spacial score (nSPS) is 18.3. The summed E-state index contributed by atoms with van der Waals surface area (Å²) in [6.07, 6.45) is -9.54. The smallest absolute Gasteiger partial charge is 0.373 e. The number of halogens is 7. The Hall–Kier alpha value is -2.01. The minimum Gasteiger partial charge on any atom is -0.373 e. The van der Waals surface area contributed by atoms with Crippen LogP contribution in [0.1, 0.15) is 35.7 Å². The number of amides is 2. The van der Waals surface area contributed by atoms with Crippen molar-refractivity contribution < 1.29 is 41.0 Å². The van der Waals surface area contributed by atoms with Gasteiger partial charge in [-0.05, 0) is 38.0 Å². The van der Waals surface area contributed by atoms with Gasteiger partial charge in [0.05, 0.1) is 16.1 Å². The van der Waals surface area contributed by atoms with Crippen LogP contribution in [0.5, 0.6) is 0 Å². The number of nitrogens with zero attached hydrogens (tertiary/aromatic N) is 1. The van der Waals surface area contributed by atoms with Crippen LogP contribution in [0.15, 0.2) is 18.2 Å². The minimum absolute atomic E-state index is 0.101. The van der Waals surface area contributed by atoms with Crippen molar-refractivity contribution in [2.45, 2.75) is 43.8 Å². The van der Waals surface area contributed by atoms with Gasteiger partial charge in [-0.2, -0.15) is 26.3 Å². The average Bonchev–Trinajstić information content (AvgIpc) is 2.59. The van der Waals surface area contributed by atoms with Gasteiger partial charge >= 0.3 is 12.4 Å². The SMILES string of the molecule is C[C@@](O)(C(=O)N1CCC(NC(=O)c2ccc(C(F)(F)F)cc2Cl)CC1)C(F)(F)F. The quantitative estimate of drug-likeness (QED) is 0.699. The highest BCUT2D eigenvalue weighted by molar-refractivity contribution is 6.33. The van der Waals surface area contributed by atoms with Crippen molar-refractivity contribution in [1.29, 1.82) is 0 Å². The van der Waals surface area contributed by atoms with Crippen LogP contribution in [0, 0.1) is 0 Å². The molecule has 0 spiro atoms. The molecule has 12 heteroatoms. The van der Waals surface area contributed by atoms with Gasteiger partial charge in [0.25, 0.3) is 11.8 Å². The lowest BCUT2D eigenvalue weighted by Gasteiger charge is -2.37. The van der Waals surface area contributed by atoms with Crippen LogP contribution in [0.25, 0.3) is 0 Å². The summed E-state index contributed by atoms with van der Waals surface area (Å²) in [6, 6.07) is 1.73. The molecule has 1 atom stereocenters. The minimum atomic E-state index is -5.13. The number of carbonyl (C=O) groups excluding carboxylic acids is 2. The van der Waals surface area contributed by atoms with Gasteiger partial charge in [0.15, 0.2) is 0 Å². The van der Waals surface area contributed by atoms with E-state index in [-0.39, 0.29) is 31.5 Å². The van der Waals surface area contributed by atoms with Gasteiger partial charge in [0, 0.05) is 19.1 Å². The summed E-state index contributed by atoms with van der Waals surface area (Å²) in [4.78, 5) is 25.0. The summed E-state index contributed by atoms with van der Waals surface area (Å²) in [5, 5.41) is 11.6. The van der Waals surface area contributed by atoms with Gasteiger partial charge in [-0.15, -0.1) is 0 Å². The predicted molar refractivity (Wildman–Crippen MR) is 90.2 cm³/mol. The molecule has 1 aromatic carbocycles. The molecule has 1 fully saturated rings. The number of hydrogen-bond acceptors (Lipinski definition) is 3. The van der Waals surface area contributed by atoms with Crippen molar-refractivity contribution in [1.82, 2.24) is 10.2 Å². The van der Waals surface area contributed by atoms with E-state index in [9.17, 15) is 41.0 Å². The molecule has 2 amide bonds. The summed E-state index contributed by atoms with van der Waals surface area (Å²) >= 11 is 5.76. The van der Waals surface area contributed by atoms with E-state index < -0.39 is 46.4 Å². The lowest BCUT2D eigenvalue weighted by molar-refractivity contribution is -0.250. The molecule has 0 bridgehead atoms. The number of nitrogens with one attached hydrogen (secondary N) is 1. The monoisotopic (exact) mass is 446 g/mol. The van der Waals surface area contributed by atoms with Crippen LogP contribution >= 0.6 is 11.6 Å². The zero-order chi connectivity index (χ0) is 22.2. The Morgan fingerprint density at radius 3 is 2.14 bits per heavy atom. The van der Waals surface area contributed by atoms with Crippen LogP contribution in [0.2, 0.25) is 5.02 Å². The summed E-state index contributed by atoms with van der Waals surface area (Å²) < 4.78 is 76.3. The van der Waals surface area contributed by atoms with Crippen LogP contribution < -0.4 is 5.32 Å². The average molecular weight is 447 g/mol. The molecule has 0 aromatic heterocycles. The maximum Gasteiger partial charge on any atom is 0.426 e. The third-order valence-electron chi connectivity index (χ3n) is 4.63. The second-order valence-corrected chi connectivity index (χ2v) is 7.21. The Morgan fingerprint density at radius 1 is 1.14 bits per heavy atom. The molecule has 0 aliphatic carbocycles. The first-order valence-corrected chi connectivity index (χ1v) is 8.78. The number of carbonyl (C=O) groups is 2. The van der Waals surface area contributed by atoms with Crippen molar-refractivity contribution in [3.05, 3.63) is 34.3 Å². The lowest BCUT2D eigenvalue weighted by atomic mass is 9.99. The molecule has 162 valence electrons. The maximum absolute atomic E-state index is 12.8. The predicted octanol–water partition coefficient (Wildman–Crippen LogP) is 3.39. The van der Waals surface area contributed by atoms with E-state index in [4.69, 9.17) is 11.6 Å². The van der Waals surface area contributed by atoms with E-state index in [2.05, 4.69) is 5.32 Å². The maximum atomic E-state index is 12.8. The van der Waals surface area contributed by atoms with Gasteiger partial charge in [-0.1, -0.05) is 11.6 Å². The third-order valence-corrected chi connectivity index (χ3v) is 4.94. The number of benzene rings is 1. The van der Waals surface area contributed by atoms with Crippen LogP contribution in [-0.2, 0) is 11.0 Å². The van der Waals surface area contributed by atoms with Crippen LogP contribution in [0.4, 0.5) is 26.3 Å². The van der Waals surface area contributed by atoms with Crippen LogP contribution in [0.3, 0.4) is 0 Å². The number of alkyl halides is 6. The summed E-state index contributed by atoms with van der Waals surface area (Å²) in [6.45, 7) is 0.0866.